The second-order valence-electron chi connectivity index (χ2n) is 3.92. The highest BCUT2D eigenvalue weighted by molar-refractivity contribution is 4.91. The van der Waals surface area contributed by atoms with Gasteiger partial charge in [0.15, 0.2) is 5.79 Å². The second-order valence-corrected chi connectivity index (χ2v) is 3.92. The molecule has 2 heterocycles. The number of rotatable bonds is 1. The van der Waals surface area contributed by atoms with Gasteiger partial charge in [-0.15, -0.1) is 0 Å². The van der Waals surface area contributed by atoms with Crippen molar-refractivity contribution in [3.63, 3.8) is 0 Å². The van der Waals surface area contributed by atoms with Crippen LogP contribution < -0.4 is 0 Å². The maximum Gasteiger partial charge on any atom is 0.164 e. The summed E-state index contributed by atoms with van der Waals surface area (Å²) in [4.78, 5) is 0. The van der Waals surface area contributed by atoms with E-state index in [1.165, 1.54) is 0 Å². The van der Waals surface area contributed by atoms with Crippen LogP contribution in [0, 0.1) is 0 Å². The van der Waals surface area contributed by atoms with Crippen molar-refractivity contribution in [2.45, 2.75) is 51.3 Å². The number of ether oxygens (including phenoxy) is 3. The van der Waals surface area contributed by atoms with Crippen LogP contribution in [0.2, 0.25) is 0 Å². The van der Waals surface area contributed by atoms with E-state index in [4.69, 9.17) is 14.2 Å². The van der Waals surface area contributed by atoms with Gasteiger partial charge in [-0.1, -0.05) is 6.92 Å². The minimum Gasteiger partial charge on any atom is -0.373 e. The molecule has 3 atom stereocenters. The normalized spacial score (nSPS) is 44.8. The molecule has 0 aromatic rings. The van der Waals surface area contributed by atoms with Crippen LogP contribution in [-0.2, 0) is 14.2 Å². The molecular formula is C9H16O3. The SMILES string of the molecule is CCC1OC[C@H]2OC(C)(C)O[C@@H]12. The van der Waals surface area contributed by atoms with Gasteiger partial charge in [0.05, 0.1) is 12.7 Å². The van der Waals surface area contributed by atoms with Crippen LogP contribution >= 0.6 is 0 Å². The summed E-state index contributed by atoms with van der Waals surface area (Å²) in [5, 5.41) is 0. The van der Waals surface area contributed by atoms with E-state index in [0.717, 1.165) is 6.42 Å². The van der Waals surface area contributed by atoms with Crippen molar-refractivity contribution in [1.82, 2.24) is 0 Å². The molecule has 0 saturated carbocycles. The lowest BCUT2D eigenvalue weighted by atomic mass is 10.1. The first-order chi connectivity index (χ1) is 5.62. The summed E-state index contributed by atoms with van der Waals surface area (Å²) in [5.74, 6) is -0.410. The van der Waals surface area contributed by atoms with Crippen LogP contribution in [0.25, 0.3) is 0 Å². The molecule has 70 valence electrons. The van der Waals surface area contributed by atoms with Crippen molar-refractivity contribution in [1.29, 1.82) is 0 Å². The fraction of sp³-hybridized carbons (Fsp3) is 1.00. The number of fused-ring (bicyclic) bond motifs is 1. The van der Waals surface area contributed by atoms with Crippen molar-refractivity contribution >= 4 is 0 Å². The summed E-state index contributed by atoms with van der Waals surface area (Å²) in [6.45, 7) is 6.71. The average molecular weight is 172 g/mol. The molecule has 0 bridgehead atoms. The van der Waals surface area contributed by atoms with Crippen molar-refractivity contribution in [3.05, 3.63) is 0 Å². The molecular weight excluding hydrogens is 156 g/mol. The third-order valence-corrected chi connectivity index (χ3v) is 2.46. The molecule has 0 spiro atoms. The third-order valence-electron chi connectivity index (χ3n) is 2.46. The van der Waals surface area contributed by atoms with Crippen LogP contribution in [-0.4, -0.2) is 30.7 Å². The summed E-state index contributed by atoms with van der Waals surface area (Å²) in [6.07, 6.45) is 1.55. The van der Waals surface area contributed by atoms with Crippen molar-refractivity contribution in [2.75, 3.05) is 6.61 Å². The molecule has 1 unspecified atom stereocenters. The third kappa shape index (κ3) is 1.26. The zero-order valence-corrected chi connectivity index (χ0v) is 7.87. The van der Waals surface area contributed by atoms with Gasteiger partial charge in [0.2, 0.25) is 0 Å². The van der Waals surface area contributed by atoms with Crippen LogP contribution in [0.3, 0.4) is 0 Å². The van der Waals surface area contributed by atoms with E-state index in [1.54, 1.807) is 0 Å². The Labute approximate surface area is 73.0 Å². The summed E-state index contributed by atoms with van der Waals surface area (Å²) < 4.78 is 16.9. The first kappa shape index (κ1) is 8.48. The van der Waals surface area contributed by atoms with E-state index in [2.05, 4.69) is 6.92 Å². The maximum atomic E-state index is 5.73. The Morgan fingerprint density at radius 1 is 1.33 bits per heavy atom. The van der Waals surface area contributed by atoms with Crippen molar-refractivity contribution in [3.8, 4) is 0 Å². The van der Waals surface area contributed by atoms with Crippen molar-refractivity contribution < 1.29 is 14.2 Å². The molecule has 3 heteroatoms. The van der Waals surface area contributed by atoms with Crippen LogP contribution in [0.4, 0.5) is 0 Å². The Bertz CT molecular complexity index is 179. The fourth-order valence-electron chi connectivity index (χ4n) is 1.97. The molecule has 2 fully saturated rings. The quantitative estimate of drug-likeness (QED) is 0.597. The lowest BCUT2D eigenvalue weighted by Crippen LogP contribution is -2.28. The molecule has 0 amide bonds. The molecule has 0 aliphatic carbocycles. The standard InChI is InChI=1S/C9H16O3/c1-4-6-8-7(5-10-6)11-9(2,3)12-8/h6-8H,4-5H2,1-3H3/t6?,7-,8+/m1/s1. The summed E-state index contributed by atoms with van der Waals surface area (Å²) in [7, 11) is 0. The van der Waals surface area contributed by atoms with E-state index in [1.807, 2.05) is 13.8 Å². The van der Waals surface area contributed by atoms with E-state index in [9.17, 15) is 0 Å². The summed E-state index contributed by atoms with van der Waals surface area (Å²) >= 11 is 0. The van der Waals surface area contributed by atoms with Gasteiger partial charge in [-0.05, 0) is 20.3 Å². The van der Waals surface area contributed by atoms with Crippen LogP contribution in [0.15, 0.2) is 0 Å². The van der Waals surface area contributed by atoms with E-state index < -0.39 is 5.79 Å². The zero-order chi connectivity index (χ0) is 8.77. The van der Waals surface area contributed by atoms with Gasteiger partial charge in [0.1, 0.15) is 12.2 Å². The molecule has 12 heavy (non-hydrogen) atoms. The highest BCUT2D eigenvalue weighted by Gasteiger charge is 2.49. The largest absolute Gasteiger partial charge is 0.373 e. The van der Waals surface area contributed by atoms with Crippen molar-refractivity contribution in [2.24, 2.45) is 0 Å². The monoisotopic (exact) mass is 172 g/mol. The number of hydrogen-bond acceptors (Lipinski definition) is 3. The zero-order valence-electron chi connectivity index (χ0n) is 7.87. The minimum absolute atomic E-state index is 0.157. The highest BCUT2D eigenvalue weighted by Crippen LogP contribution is 2.35. The topological polar surface area (TPSA) is 27.7 Å². The van der Waals surface area contributed by atoms with Gasteiger partial charge in [0, 0.05) is 0 Å². The van der Waals surface area contributed by atoms with E-state index in [0.29, 0.717) is 6.61 Å². The molecule has 2 saturated heterocycles. The van der Waals surface area contributed by atoms with Gasteiger partial charge in [0.25, 0.3) is 0 Å². The lowest BCUT2D eigenvalue weighted by Gasteiger charge is -2.20. The molecule has 0 radical (unpaired) electrons. The van der Waals surface area contributed by atoms with Gasteiger partial charge < -0.3 is 14.2 Å². The minimum atomic E-state index is -0.410. The second kappa shape index (κ2) is 2.69. The van der Waals surface area contributed by atoms with E-state index in [-0.39, 0.29) is 18.3 Å². The van der Waals surface area contributed by atoms with Gasteiger partial charge in [-0.3, -0.25) is 0 Å². The summed E-state index contributed by atoms with van der Waals surface area (Å²) in [5.41, 5.74) is 0. The Balaban J connectivity index is 2.06. The highest BCUT2D eigenvalue weighted by atomic mass is 16.8. The molecule has 2 aliphatic rings. The lowest BCUT2D eigenvalue weighted by molar-refractivity contribution is -0.175. The van der Waals surface area contributed by atoms with E-state index >= 15 is 0 Å². The predicted octanol–water partition coefficient (Wildman–Crippen LogP) is 1.32. The number of hydrogen-bond donors (Lipinski definition) is 0. The first-order valence-corrected chi connectivity index (χ1v) is 4.59. The molecule has 2 aliphatic heterocycles. The summed E-state index contributed by atoms with van der Waals surface area (Å²) in [6, 6.07) is 0. The molecule has 3 nitrogen and oxygen atoms in total. The Hall–Kier alpha value is -0.120. The van der Waals surface area contributed by atoms with Gasteiger partial charge in [-0.25, -0.2) is 0 Å². The fourth-order valence-corrected chi connectivity index (χ4v) is 1.97. The molecule has 0 N–H and O–H groups in total. The Morgan fingerprint density at radius 3 is 2.75 bits per heavy atom. The smallest absolute Gasteiger partial charge is 0.164 e. The van der Waals surface area contributed by atoms with Crippen LogP contribution in [0.1, 0.15) is 27.2 Å². The van der Waals surface area contributed by atoms with Gasteiger partial charge >= 0.3 is 0 Å². The average Bonchev–Trinajstić information content (AvgIpc) is 2.42. The predicted molar refractivity (Wildman–Crippen MR) is 43.9 cm³/mol. The molecule has 0 aromatic heterocycles. The van der Waals surface area contributed by atoms with Crippen LogP contribution in [0.5, 0.6) is 0 Å². The Morgan fingerprint density at radius 2 is 2.08 bits per heavy atom. The first-order valence-electron chi connectivity index (χ1n) is 4.59. The molecule has 2 rings (SSSR count). The Kier molecular flexibility index (Phi) is 1.90. The molecule has 0 aromatic carbocycles. The van der Waals surface area contributed by atoms with Gasteiger partial charge in [-0.2, -0.15) is 0 Å². The maximum absolute atomic E-state index is 5.73.